The van der Waals surface area contributed by atoms with Crippen LogP contribution < -0.4 is 10.1 Å². The molecule has 0 saturated carbocycles. The minimum Gasteiger partial charge on any atom is -0.484 e. The molecule has 2 aromatic rings. The summed E-state index contributed by atoms with van der Waals surface area (Å²) in [6.07, 6.45) is 0.969. The number of nitrogens with one attached hydrogen (secondary N) is 1. The van der Waals surface area contributed by atoms with Gasteiger partial charge in [-0.25, -0.2) is 0 Å². The fourth-order valence-electron chi connectivity index (χ4n) is 1.96. The molecular weight excluding hydrogens is 278 g/mol. The van der Waals surface area contributed by atoms with Gasteiger partial charge in [-0.2, -0.15) is 0 Å². The normalized spacial score (nSPS) is 10.1. The number of carbonyl (C=O) groups is 2. The van der Waals surface area contributed by atoms with Crippen LogP contribution in [0.5, 0.6) is 5.75 Å². The van der Waals surface area contributed by atoms with Crippen LogP contribution in [0, 0.1) is 0 Å². The van der Waals surface area contributed by atoms with Gasteiger partial charge in [0.25, 0.3) is 5.91 Å². The van der Waals surface area contributed by atoms with Crippen molar-refractivity contribution >= 4 is 17.4 Å². The zero-order valence-corrected chi connectivity index (χ0v) is 12.8. The quantitative estimate of drug-likeness (QED) is 0.831. The molecule has 0 aliphatic heterocycles. The molecule has 22 heavy (non-hydrogen) atoms. The molecule has 0 atom stereocenters. The van der Waals surface area contributed by atoms with Crippen molar-refractivity contribution < 1.29 is 14.3 Å². The fraction of sp³-hybridized carbons (Fsp3) is 0.222. The number of benzene rings is 2. The lowest BCUT2D eigenvalue weighted by Gasteiger charge is -2.08. The maximum absolute atomic E-state index is 11.8. The standard InChI is InChI=1S/C18H19NO3/c1-3-14-4-10-17(11-5-14)22-12-18(21)19-16-8-6-15(7-9-16)13(2)20/h4-11H,3,12H2,1-2H3,(H,19,21). The number of carbonyl (C=O) groups excluding carboxylic acids is 2. The Kier molecular flexibility index (Phi) is 5.31. The molecule has 114 valence electrons. The number of ketones is 1. The lowest BCUT2D eigenvalue weighted by molar-refractivity contribution is -0.118. The highest BCUT2D eigenvalue weighted by Gasteiger charge is 2.05. The van der Waals surface area contributed by atoms with Crippen LogP contribution in [0.1, 0.15) is 29.8 Å². The number of aryl methyl sites for hydroxylation is 1. The lowest BCUT2D eigenvalue weighted by atomic mass is 10.1. The zero-order valence-electron chi connectivity index (χ0n) is 12.8. The topological polar surface area (TPSA) is 55.4 Å². The highest BCUT2D eigenvalue weighted by molar-refractivity contribution is 5.95. The molecule has 0 fully saturated rings. The van der Waals surface area contributed by atoms with Crippen molar-refractivity contribution in [2.75, 3.05) is 11.9 Å². The van der Waals surface area contributed by atoms with Gasteiger partial charge >= 0.3 is 0 Å². The predicted molar refractivity (Wildman–Crippen MR) is 86.4 cm³/mol. The molecule has 0 saturated heterocycles. The first-order chi connectivity index (χ1) is 10.6. The molecule has 2 rings (SSSR count). The molecule has 0 spiro atoms. The maximum Gasteiger partial charge on any atom is 0.262 e. The lowest BCUT2D eigenvalue weighted by Crippen LogP contribution is -2.20. The number of anilines is 1. The van der Waals surface area contributed by atoms with Crippen molar-refractivity contribution in [1.29, 1.82) is 0 Å². The first kappa shape index (κ1) is 15.8. The number of hydrogen-bond donors (Lipinski definition) is 1. The minimum absolute atomic E-state index is 0.00302. The van der Waals surface area contributed by atoms with Gasteiger partial charge in [0.1, 0.15) is 5.75 Å². The SMILES string of the molecule is CCc1ccc(OCC(=O)Nc2ccc(C(C)=O)cc2)cc1. The van der Waals surface area contributed by atoms with Crippen molar-refractivity contribution in [3.63, 3.8) is 0 Å². The smallest absolute Gasteiger partial charge is 0.262 e. The number of ether oxygens (including phenoxy) is 1. The van der Waals surface area contributed by atoms with Crippen molar-refractivity contribution in [3.8, 4) is 5.75 Å². The van der Waals surface area contributed by atoms with Crippen LogP contribution in [-0.2, 0) is 11.2 Å². The van der Waals surface area contributed by atoms with Crippen LogP contribution >= 0.6 is 0 Å². The number of amides is 1. The monoisotopic (exact) mass is 297 g/mol. The second kappa shape index (κ2) is 7.41. The van der Waals surface area contributed by atoms with E-state index in [9.17, 15) is 9.59 Å². The fourth-order valence-corrected chi connectivity index (χ4v) is 1.96. The second-order valence-electron chi connectivity index (χ2n) is 4.97. The summed E-state index contributed by atoms with van der Waals surface area (Å²) in [4.78, 5) is 23.0. The molecule has 0 unspecified atom stereocenters. The van der Waals surface area contributed by atoms with Crippen LogP contribution in [0.2, 0.25) is 0 Å². The van der Waals surface area contributed by atoms with E-state index in [0.29, 0.717) is 17.0 Å². The van der Waals surface area contributed by atoms with E-state index in [-0.39, 0.29) is 18.3 Å². The Hall–Kier alpha value is -2.62. The molecule has 0 bridgehead atoms. The average molecular weight is 297 g/mol. The Morgan fingerprint density at radius 2 is 1.64 bits per heavy atom. The van der Waals surface area contributed by atoms with Gasteiger partial charge in [0, 0.05) is 11.3 Å². The number of hydrogen-bond acceptors (Lipinski definition) is 3. The highest BCUT2D eigenvalue weighted by Crippen LogP contribution is 2.13. The summed E-state index contributed by atoms with van der Waals surface area (Å²) >= 11 is 0. The largest absolute Gasteiger partial charge is 0.484 e. The Morgan fingerprint density at radius 1 is 1.00 bits per heavy atom. The summed E-state index contributed by atoms with van der Waals surface area (Å²) in [5.74, 6) is 0.422. The molecular formula is C18H19NO3. The number of Topliss-reactive ketones (excluding diaryl/α,β-unsaturated/α-hetero) is 1. The van der Waals surface area contributed by atoms with Crippen molar-refractivity contribution in [3.05, 3.63) is 59.7 Å². The van der Waals surface area contributed by atoms with Crippen molar-refractivity contribution in [2.45, 2.75) is 20.3 Å². The molecule has 0 aliphatic carbocycles. The van der Waals surface area contributed by atoms with Crippen LogP contribution in [0.4, 0.5) is 5.69 Å². The summed E-state index contributed by atoms with van der Waals surface area (Å²) in [5.41, 5.74) is 2.48. The minimum atomic E-state index is -0.241. The summed E-state index contributed by atoms with van der Waals surface area (Å²) < 4.78 is 5.44. The summed E-state index contributed by atoms with van der Waals surface area (Å²) in [5, 5.41) is 2.73. The molecule has 2 aromatic carbocycles. The van der Waals surface area contributed by atoms with Gasteiger partial charge in [0.2, 0.25) is 0 Å². The Bertz CT molecular complexity index is 645. The van der Waals surface area contributed by atoms with Crippen LogP contribution in [-0.4, -0.2) is 18.3 Å². The molecule has 4 nitrogen and oxygen atoms in total. The van der Waals surface area contributed by atoms with Crippen LogP contribution in [0.3, 0.4) is 0 Å². The molecule has 4 heteroatoms. The summed E-state index contributed by atoms with van der Waals surface area (Å²) in [6, 6.07) is 14.4. The molecule has 0 aromatic heterocycles. The third-order valence-electron chi connectivity index (χ3n) is 3.28. The third-order valence-corrected chi connectivity index (χ3v) is 3.28. The predicted octanol–water partition coefficient (Wildman–Crippen LogP) is 3.47. The highest BCUT2D eigenvalue weighted by atomic mass is 16.5. The van der Waals surface area contributed by atoms with Gasteiger partial charge in [-0.1, -0.05) is 19.1 Å². The van der Waals surface area contributed by atoms with Crippen molar-refractivity contribution in [2.24, 2.45) is 0 Å². The van der Waals surface area contributed by atoms with Crippen molar-refractivity contribution in [1.82, 2.24) is 0 Å². The Labute approximate surface area is 130 Å². The van der Waals surface area contributed by atoms with E-state index in [0.717, 1.165) is 6.42 Å². The summed E-state index contributed by atoms with van der Waals surface area (Å²) in [6.45, 7) is 3.53. The molecule has 1 N–H and O–H groups in total. The zero-order chi connectivity index (χ0) is 15.9. The first-order valence-corrected chi connectivity index (χ1v) is 7.21. The Morgan fingerprint density at radius 3 is 2.18 bits per heavy atom. The van der Waals surface area contributed by atoms with E-state index in [4.69, 9.17) is 4.74 Å². The van der Waals surface area contributed by atoms with Gasteiger partial charge in [-0.3, -0.25) is 9.59 Å². The van der Waals surface area contributed by atoms with Gasteiger partial charge < -0.3 is 10.1 Å². The van der Waals surface area contributed by atoms with Crippen LogP contribution in [0.25, 0.3) is 0 Å². The molecule has 0 heterocycles. The van der Waals surface area contributed by atoms with Gasteiger partial charge in [0.05, 0.1) is 0 Å². The van der Waals surface area contributed by atoms with E-state index in [1.165, 1.54) is 12.5 Å². The molecule has 1 amide bonds. The van der Waals surface area contributed by atoms with E-state index in [1.54, 1.807) is 24.3 Å². The average Bonchev–Trinajstić information content (AvgIpc) is 2.54. The van der Waals surface area contributed by atoms with E-state index < -0.39 is 0 Å². The van der Waals surface area contributed by atoms with E-state index in [2.05, 4.69) is 12.2 Å². The summed E-state index contributed by atoms with van der Waals surface area (Å²) in [7, 11) is 0. The van der Waals surface area contributed by atoms with Gasteiger partial charge in [-0.05, 0) is 55.3 Å². The van der Waals surface area contributed by atoms with Gasteiger partial charge in [0.15, 0.2) is 12.4 Å². The molecule has 0 aliphatic rings. The number of rotatable bonds is 6. The van der Waals surface area contributed by atoms with Gasteiger partial charge in [-0.15, -0.1) is 0 Å². The second-order valence-corrected chi connectivity index (χ2v) is 4.97. The molecule has 0 radical (unpaired) electrons. The van der Waals surface area contributed by atoms with E-state index in [1.807, 2.05) is 24.3 Å². The maximum atomic E-state index is 11.8. The third kappa shape index (κ3) is 4.45. The first-order valence-electron chi connectivity index (χ1n) is 7.21. The Balaban J connectivity index is 1.85. The van der Waals surface area contributed by atoms with Crippen LogP contribution in [0.15, 0.2) is 48.5 Å². The van der Waals surface area contributed by atoms with E-state index >= 15 is 0 Å².